The lowest BCUT2D eigenvalue weighted by atomic mass is 10.0. The molecule has 0 saturated heterocycles. The summed E-state index contributed by atoms with van der Waals surface area (Å²) in [5.41, 5.74) is 0. The number of carbonyl (C=O) groups excluding carboxylic acids is 2. The number of aldehydes is 1. The summed E-state index contributed by atoms with van der Waals surface area (Å²) < 4.78 is 20.2. The Morgan fingerprint density at radius 2 is 2.13 bits per heavy atom. The van der Waals surface area contributed by atoms with E-state index >= 15 is 0 Å². The molecule has 0 saturated carbocycles. The van der Waals surface area contributed by atoms with Crippen LogP contribution in [0.25, 0.3) is 0 Å². The van der Waals surface area contributed by atoms with Crippen molar-refractivity contribution in [1.82, 2.24) is 5.32 Å². The van der Waals surface area contributed by atoms with Crippen LogP contribution in [0.5, 0.6) is 0 Å². The summed E-state index contributed by atoms with van der Waals surface area (Å²) in [6.45, 7) is -3.89. The summed E-state index contributed by atoms with van der Waals surface area (Å²) in [6.07, 6.45) is -5.58. The normalized spacial score (nSPS) is 22.5. The lowest BCUT2D eigenvalue weighted by Crippen LogP contribution is -2.53. The van der Waals surface area contributed by atoms with Crippen molar-refractivity contribution < 1.29 is 34.1 Å². The molecule has 0 bridgehead atoms. The van der Waals surface area contributed by atoms with E-state index in [0.29, 0.717) is 0 Å². The van der Waals surface area contributed by atoms with E-state index in [9.17, 15) is 19.8 Å². The molecule has 15 heavy (non-hydrogen) atoms. The lowest BCUT2D eigenvalue weighted by Gasteiger charge is -2.25. The minimum absolute atomic E-state index is 0.0155. The second kappa shape index (κ2) is 6.46. The summed E-state index contributed by atoms with van der Waals surface area (Å²) in [6, 6.07) is -1.71. The molecule has 0 aromatic heterocycles. The van der Waals surface area contributed by atoms with E-state index in [0.717, 1.165) is 0 Å². The highest BCUT2D eigenvalue weighted by Crippen LogP contribution is 2.03. The van der Waals surface area contributed by atoms with Gasteiger partial charge >= 0.3 is 0 Å². The van der Waals surface area contributed by atoms with Gasteiger partial charge in [-0.3, -0.25) is 4.79 Å². The van der Waals surface area contributed by atoms with Crippen molar-refractivity contribution in [2.75, 3.05) is 6.61 Å². The predicted octanol–water partition coefficient (Wildman–Crippen LogP) is -3.23. The van der Waals surface area contributed by atoms with Crippen LogP contribution in [0.15, 0.2) is 0 Å². The second-order valence-electron chi connectivity index (χ2n) is 2.87. The van der Waals surface area contributed by atoms with Crippen molar-refractivity contribution in [2.45, 2.75) is 31.2 Å². The highest BCUT2D eigenvalue weighted by Gasteiger charge is 2.31. The molecule has 0 unspecified atom stereocenters. The fraction of sp³-hybridized carbons (Fsp3) is 0.750. The van der Waals surface area contributed by atoms with Gasteiger partial charge in [-0.1, -0.05) is 0 Å². The molecule has 0 heterocycles. The maximum Gasteiger partial charge on any atom is 0.217 e. The van der Waals surface area contributed by atoms with Gasteiger partial charge in [0.1, 0.15) is 30.6 Å². The Balaban J connectivity index is 4.69. The van der Waals surface area contributed by atoms with Gasteiger partial charge in [-0.25, -0.2) is 0 Å². The minimum Gasteiger partial charge on any atom is -0.394 e. The molecule has 0 fully saturated rings. The van der Waals surface area contributed by atoms with E-state index in [1.54, 1.807) is 5.32 Å². The number of hydrogen-bond acceptors (Lipinski definition) is 6. The van der Waals surface area contributed by atoms with Crippen LogP contribution in [0.4, 0.5) is 0 Å². The molecule has 0 spiro atoms. The fourth-order valence-corrected chi connectivity index (χ4v) is 0.899. The highest BCUT2D eigenvalue weighted by atomic mass is 18.1. The smallest absolute Gasteiger partial charge is 0.217 e. The van der Waals surface area contributed by atoms with Crippen LogP contribution in [0, 0.1) is 0 Å². The van der Waals surface area contributed by atoms with Crippen molar-refractivity contribution in [2.24, 2.45) is 0 Å². The number of rotatable bonds is 6. The summed E-state index contributed by atoms with van der Waals surface area (Å²) in [4.78, 5) is 21.7. The number of nitrogens with one attached hydrogen (secondary N) is 1. The molecule has 5 N–H and O–H groups in total. The molecule has 88 valence electrons. The Morgan fingerprint density at radius 1 is 1.53 bits per heavy atom. The number of aliphatic hydroxyl groups is 4. The molecule has 1 amide bonds. The summed E-state index contributed by atoms with van der Waals surface area (Å²) in [7, 11) is 0. The van der Waals surface area contributed by atoms with Crippen LogP contribution in [0.2, 0.25) is 0 Å². The minimum atomic E-state index is -3.01. The molecule has 0 aliphatic rings. The largest absolute Gasteiger partial charge is 0.394 e. The van der Waals surface area contributed by atoms with Crippen molar-refractivity contribution in [3.8, 4) is 0 Å². The molecule has 4 atom stereocenters. The lowest BCUT2D eigenvalue weighted by molar-refractivity contribution is -0.129. The Bertz CT molecular complexity index is 297. The Morgan fingerprint density at radius 3 is 2.53 bits per heavy atom. The molecule has 0 aliphatic heterocycles. The number of hydrogen-bond donors (Lipinski definition) is 5. The first-order valence-electron chi connectivity index (χ1n) is 5.56. The molecular weight excluding hydrogens is 208 g/mol. The topological polar surface area (TPSA) is 127 Å². The third-order valence-electron chi connectivity index (χ3n) is 1.74. The van der Waals surface area contributed by atoms with Gasteiger partial charge in [0.15, 0.2) is 0 Å². The average molecular weight is 226 g/mol. The molecule has 7 heteroatoms. The summed E-state index contributed by atoms with van der Waals surface area (Å²) >= 11 is 0. The third kappa shape index (κ3) is 4.34. The Labute approximate surface area is 90.6 Å². The van der Waals surface area contributed by atoms with Crippen LogP contribution < -0.4 is 5.32 Å². The van der Waals surface area contributed by atoms with Crippen LogP contribution >= 0.6 is 0 Å². The molecule has 0 radical (unpaired) electrons. The SMILES string of the molecule is [2H]C([2H])([2H])C(=[18O])N[C@@H](C=O)[C@@H](O)[C@@H](O)[C@H](O)CO. The second-order valence-corrected chi connectivity index (χ2v) is 2.87. The monoisotopic (exact) mass is 226 g/mol. The zero-order valence-corrected chi connectivity index (χ0v) is 7.70. The standard InChI is InChI=1S/C8H15NO6/c1-4(12)9-5(2-10)7(14)8(15)6(13)3-11/h2,5-8,11,13-15H,3H2,1H3,(H,9,12)/t5-,6+,7+,8-/m0/s1/i1D3,12+2. The van der Waals surface area contributed by atoms with Crippen LogP contribution in [-0.2, 0) is 9.59 Å². The van der Waals surface area contributed by atoms with Crippen LogP contribution in [0.3, 0.4) is 0 Å². The zero-order valence-electron chi connectivity index (χ0n) is 10.7. The Kier molecular flexibility index (Phi) is 3.97. The first kappa shape index (κ1) is 9.22. The van der Waals surface area contributed by atoms with Crippen LogP contribution in [0.1, 0.15) is 11.0 Å². The fourth-order valence-electron chi connectivity index (χ4n) is 0.899. The quantitative estimate of drug-likeness (QED) is 0.239. The van der Waals surface area contributed by atoms with Gasteiger partial charge in [0.2, 0.25) is 5.91 Å². The summed E-state index contributed by atoms with van der Waals surface area (Å²) in [5.74, 6) is -1.48. The molecular formula is C8H15NO6. The van der Waals surface area contributed by atoms with Crippen molar-refractivity contribution >= 4 is 12.2 Å². The summed E-state index contributed by atoms with van der Waals surface area (Å²) in [5, 5.41) is 38.0. The molecule has 7 nitrogen and oxygen atoms in total. The van der Waals surface area contributed by atoms with Crippen molar-refractivity contribution in [1.29, 1.82) is 0 Å². The highest BCUT2D eigenvalue weighted by molar-refractivity contribution is 5.77. The van der Waals surface area contributed by atoms with Crippen molar-refractivity contribution in [3.05, 3.63) is 0 Å². The van der Waals surface area contributed by atoms with Gasteiger partial charge in [-0.2, -0.15) is 0 Å². The van der Waals surface area contributed by atoms with Gasteiger partial charge in [0.05, 0.1) is 6.61 Å². The van der Waals surface area contributed by atoms with Gasteiger partial charge in [0, 0.05) is 11.0 Å². The van der Waals surface area contributed by atoms with Gasteiger partial charge in [-0.05, 0) is 0 Å². The first-order valence-corrected chi connectivity index (χ1v) is 4.06. The van der Waals surface area contributed by atoms with Crippen molar-refractivity contribution in [3.63, 3.8) is 0 Å². The third-order valence-corrected chi connectivity index (χ3v) is 1.74. The van der Waals surface area contributed by atoms with E-state index in [1.807, 2.05) is 0 Å². The first-order chi connectivity index (χ1) is 8.15. The zero-order chi connectivity index (χ0) is 14.5. The van der Waals surface area contributed by atoms with E-state index in [4.69, 9.17) is 14.3 Å². The number of aliphatic hydroxyl groups excluding tert-OH is 4. The van der Waals surface area contributed by atoms with E-state index < -0.39 is 43.7 Å². The van der Waals surface area contributed by atoms with Gasteiger partial charge in [-0.15, -0.1) is 0 Å². The molecule has 0 aliphatic carbocycles. The average Bonchev–Trinajstić information content (AvgIpc) is 2.31. The maximum absolute atomic E-state index is 11.1. The maximum atomic E-state index is 11.1. The van der Waals surface area contributed by atoms with Gasteiger partial charge in [0.25, 0.3) is 0 Å². The predicted molar refractivity (Wildman–Crippen MR) is 48.8 cm³/mol. The molecule has 0 rings (SSSR count). The number of amides is 1. The number of carbonyl (C=O) groups is 2. The van der Waals surface area contributed by atoms with E-state index in [2.05, 4.69) is 0 Å². The van der Waals surface area contributed by atoms with Crippen LogP contribution in [-0.4, -0.2) is 63.6 Å². The Hall–Kier alpha value is -1.02. The molecule has 0 aromatic rings. The van der Waals surface area contributed by atoms with Gasteiger partial charge < -0.3 is 30.5 Å². The van der Waals surface area contributed by atoms with E-state index in [-0.39, 0.29) is 6.29 Å². The van der Waals surface area contributed by atoms with E-state index in [1.165, 1.54) is 0 Å². The molecule has 0 aromatic carbocycles.